The van der Waals surface area contributed by atoms with Gasteiger partial charge < -0.3 is 15.5 Å². The lowest BCUT2D eigenvalue weighted by molar-refractivity contribution is 0.181. The van der Waals surface area contributed by atoms with Gasteiger partial charge in [0.2, 0.25) is 0 Å². The molecule has 1 aromatic carbocycles. The minimum atomic E-state index is -0.0721. The van der Waals surface area contributed by atoms with E-state index in [0.29, 0.717) is 6.54 Å². The van der Waals surface area contributed by atoms with Crippen LogP contribution in [0.25, 0.3) is 0 Å². The molecule has 0 unspecified atom stereocenters. The van der Waals surface area contributed by atoms with E-state index in [2.05, 4.69) is 53.6 Å². The second-order valence-electron chi connectivity index (χ2n) is 6.85. The largest absolute Gasteiger partial charge is 0.338 e. The molecule has 2 amide bonds. The standard InChI is InChI=1S/C19H31N3O/c1-16-7-9-18(10-8-16)14-21-19(23)20-11-3-4-12-22-13-5-6-17(2)15-22/h7-10,17H,3-6,11-15H2,1-2H3,(H2,20,21,23)/t17-/m1/s1. The number of rotatable bonds is 7. The van der Waals surface area contributed by atoms with Crippen molar-refractivity contribution in [1.29, 1.82) is 0 Å². The molecule has 1 saturated heterocycles. The molecule has 1 atom stereocenters. The van der Waals surface area contributed by atoms with E-state index in [1.54, 1.807) is 0 Å². The summed E-state index contributed by atoms with van der Waals surface area (Å²) >= 11 is 0. The number of hydrogen-bond donors (Lipinski definition) is 2. The van der Waals surface area contributed by atoms with Crippen molar-refractivity contribution < 1.29 is 4.79 Å². The Morgan fingerprint density at radius 2 is 2.00 bits per heavy atom. The predicted molar refractivity (Wildman–Crippen MR) is 95.5 cm³/mol. The highest BCUT2D eigenvalue weighted by molar-refractivity contribution is 5.73. The van der Waals surface area contributed by atoms with Crippen LogP contribution in [0.3, 0.4) is 0 Å². The van der Waals surface area contributed by atoms with E-state index in [1.807, 2.05) is 0 Å². The van der Waals surface area contributed by atoms with E-state index in [0.717, 1.165) is 37.4 Å². The van der Waals surface area contributed by atoms with Gasteiger partial charge >= 0.3 is 6.03 Å². The Morgan fingerprint density at radius 1 is 1.22 bits per heavy atom. The summed E-state index contributed by atoms with van der Waals surface area (Å²) < 4.78 is 0. The van der Waals surface area contributed by atoms with Gasteiger partial charge in [0, 0.05) is 19.6 Å². The van der Waals surface area contributed by atoms with Gasteiger partial charge in [0.15, 0.2) is 0 Å². The van der Waals surface area contributed by atoms with Crippen molar-refractivity contribution in [3.63, 3.8) is 0 Å². The molecule has 1 aliphatic heterocycles. The highest BCUT2D eigenvalue weighted by Gasteiger charge is 2.15. The maximum absolute atomic E-state index is 11.8. The van der Waals surface area contributed by atoms with E-state index in [4.69, 9.17) is 0 Å². The van der Waals surface area contributed by atoms with E-state index < -0.39 is 0 Å². The second-order valence-corrected chi connectivity index (χ2v) is 6.85. The molecule has 0 aliphatic carbocycles. The van der Waals surface area contributed by atoms with Crippen LogP contribution in [0.1, 0.15) is 43.7 Å². The average Bonchev–Trinajstić information content (AvgIpc) is 2.54. The van der Waals surface area contributed by atoms with Crippen molar-refractivity contribution in [2.75, 3.05) is 26.2 Å². The zero-order chi connectivity index (χ0) is 16.5. The summed E-state index contributed by atoms with van der Waals surface area (Å²) in [7, 11) is 0. The molecule has 1 fully saturated rings. The number of piperidine rings is 1. The lowest BCUT2D eigenvalue weighted by Crippen LogP contribution is -2.37. The van der Waals surface area contributed by atoms with Gasteiger partial charge in [-0.05, 0) is 57.2 Å². The second kappa shape index (κ2) is 9.56. The van der Waals surface area contributed by atoms with E-state index >= 15 is 0 Å². The SMILES string of the molecule is Cc1ccc(CNC(=O)NCCCCN2CCC[C@@H](C)C2)cc1. The fraction of sp³-hybridized carbons (Fsp3) is 0.632. The quantitative estimate of drug-likeness (QED) is 0.758. The van der Waals surface area contributed by atoms with Crippen molar-refractivity contribution in [2.45, 2.75) is 46.1 Å². The molecule has 1 heterocycles. The molecule has 2 N–H and O–H groups in total. The number of carbonyl (C=O) groups is 1. The van der Waals surface area contributed by atoms with Crippen molar-refractivity contribution in [1.82, 2.24) is 15.5 Å². The summed E-state index contributed by atoms with van der Waals surface area (Å²) in [5.74, 6) is 0.842. The summed E-state index contributed by atoms with van der Waals surface area (Å²) in [5, 5.41) is 5.85. The van der Waals surface area contributed by atoms with Gasteiger partial charge in [0.05, 0.1) is 0 Å². The fourth-order valence-corrected chi connectivity index (χ4v) is 3.10. The van der Waals surface area contributed by atoms with Gasteiger partial charge in [0.25, 0.3) is 0 Å². The highest BCUT2D eigenvalue weighted by atomic mass is 16.2. The van der Waals surface area contributed by atoms with Gasteiger partial charge in [-0.15, -0.1) is 0 Å². The van der Waals surface area contributed by atoms with Crippen LogP contribution in [-0.2, 0) is 6.54 Å². The third-order valence-corrected chi connectivity index (χ3v) is 4.50. The molecule has 0 radical (unpaired) electrons. The van der Waals surface area contributed by atoms with Gasteiger partial charge in [-0.2, -0.15) is 0 Å². The van der Waals surface area contributed by atoms with E-state index in [9.17, 15) is 4.79 Å². The summed E-state index contributed by atoms with van der Waals surface area (Å²) in [6.07, 6.45) is 4.91. The van der Waals surface area contributed by atoms with Gasteiger partial charge in [-0.1, -0.05) is 36.8 Å². The van der Waals surface area contributed by atoms with E-state index in [-0.39, 0.29) is 6.03 Å². The summed E-state index contributed by atoms with van der Waals surface area (Å²) in [5.41, 5.74) is 2.37. The number of unbranched alkanes of at least 4 members (excludes halogenated alkanes) is 1. The van der Waals surface area contributed by atoms with Crippen LogP contribution in [0.15, 0.2) is 24.3 Å². The lowest BCUT2D eigenvalue weighted by Gasteiger charge is -2.30. The van der Waals surface area contributed by atoms with Crippen molar-refractivity contribution in [3.05, 3.63) is 35.4 Å². The number of carbonyl (C=O) groups excluding carboxylic acids is 1. The van der Waals surface area contributed by atoms with Crippen LogP contribution in [-0.4, -0.2) is 37.1 Å². The lowest BCUT2D eigenvalue weighted by atomic mass is 10.0. The van der Waals surface area contributed by atoms with Crippen molar-refractivity contribution in [2.24, 2.45) is 5.92 Å². The van der Waals surface area contributed by atoms with Crippen LogP contribution < -0.4 is 10.6 Å². The van der Waals surface area contributed by atoms with Crippen molar-refractivity contribution in [3.8, 4) is 0 Å². The molecule has 1 aromatic rings. The van der Waals surface area contributed by atoms with E-state index in [1.165, 1.54) is 31.5 Å². The first-order chi connectivity index (χ1) is 11.1. The van der Waals surface area contributed by atoms with Crippen LogP contribution in [0.5, 0.6) is 0 Å². The molecule has 0 bridgehead atoms. The number of aryl methyl sites for hydroxylation is 1. The zero-order valence-corrected chi connectivity index (χ0v) is 14.6. The normalized spacial score (nSPS) is 18.6. The highest BCUT2D eigenvalue weighted by Crippen LogP contribution is 2.15. The smallest absolute Gasteiger partial charge is 0.315 e. The number of nitrogens with one attached hydrogen (secondary N) is 2. The number of hydrogen-bond acceptors (Lipinski definition) is 2. The Morgan fingerprint density at radius 3 is 2.74 bits per heavy atom. The molecular weight excluding hydrogens is 286 g/mol. The number of benzene rings is 1. The number of likely N-dealkylation sites (tertiary alicyclic amines) is 1. The molecular formula is C19H31N3O. The van der Waals surface area contributed by atoms with Gasteiger partial charge in [-0.25, -0.2) is 4.79 Å². The average molecular weight is 317 g/mol. The molecule has 1 aliphatic rings. The maximum atomic E-state index is 11.8. The fourth-order valence-electron chi connectivity index (χ4n) is 3.10. The molecule has 4 heteroatoms. The van der Waals surface area contributed by atoms with Gasteiger partial charge in [-0.3, -0.25) is 0 Å². The third-order valence-electron chi connectivity index (χ3n) is 4.50. The summed E-state index contributed by atoms with van der Waals surface area (Å²) in [6.45, 7) is 9.39. The topological polar surface area (TPSA) is 44.4 Å². The maximum Gasteiger partial charge on any atom is 0.315 e. The van der Waals surface area contributed by atoms with Crippen LogP contribution >= 0.6 is 0 Å². The minimum absolute atomic E-state index is 0.0721. The Kier molecular flexibility index (Phi) is 7.40. The first kappa shape index (κ1) is 17.8. The summed E-state index contributed by atoms with van der Waals surface area (Å²) in [6, 6.07) is 8.16. The Bertz CT molecular complexity index is 472. The van der Waals surface area contributed by atoms with Crippen LogP contribution in [0.4, 0.5) is 4.79 Å². The summed E-state index contributed by atoms with van der Waals surface area (Å²) in [4.78, 5) is 14.3. The molecule has 23 heavy (non-hydrogen) atoms. The zero-order valence-electron chi connectivity index (χ0n) is 14.6. The number of urea groups is 1. The molecule has 0 saturated carbocycles. The Hall–Kier alpha value is -1.55. The Balaban J connectivity index is 1.50. The van der Waals surface area contributed by atoms with Crippen molar-refractivity contribution >= 4 is 6.03 Å². The predicted octanol–water partition coefficient (Wildman–Crippen LogP) is 3.31. The third kappa shape index (κ3) is 7.04. The Labute approximate surface area is 140 Å². The van der Waals surface area contributed by atoms with Crippen LogP contribution in [0.2, 0.25) is 0 Å². The number of amides is 2. The molecule has 4 nitrogen and oxygen atoms in total. The molecule has 2 rings (SSSR count). The number of nitrogens with zero attached hydrogens (tertiary/aromatic N) is 1. The molecule has 128 valence electrons. The molecule has 0 aromatic heterocycles. The first-order valence-electron chi connectivity index (χ1n) is 8.93. The monoisotopic (exact) mass is 317 g/mol. The van der Waals surface area contributed by atoms with Gasteiger partial charge in [0.1, 0.15) is 0 Å². The van der Waals surface area contributed by atoms with Crippen LogP contribution in [0, 0.1) is 12.8 Å². The minimum Gasteiger partial charge on any atom is -0.338 e. The molecule has 0 spiro atoms. The first-order valence-corrected chi connectivity index (χ1v) is 8.93.